The normalized spacial score (nSPS) is 17.8. The summed E-state index contributed by atoms with van der Waals surface area (Å²) in [6.07, 6.45) is 4.98. The molecule has 0 unspecified atom stereocenters. The molecule has 78 valence electrons. The largest absolute Gasteiger partial charge is 0.453 e. The minimum Gasteiger partial charge on any atom is -0.453 e. The first kappa shape index (κ1) is 12.1. The zero-order chi connectivity index (χ0) is 10.4. The Bertz CT molecular complexity index is 145. The van der Waals surface area contributed by atoms with Gasteiger partial charge in [0.15, 0.2) is 0 Å². The molecule has 1 aliphatic heterocycles. The van der Waals surface area contributed by atoms with Crippen LogP contribution in [-0.2, 0) is 13.7 Å². The molecule has 0 aromatic carbocycles. The first-order valence-electron chi connectivity index (χ1n) is 5.76. The van der Waals surface area contributed by atoms with Gasteiger partial charge in [0.2, 0.25) is 0 Å². The van der Waals surface area contributed by atoms with Gasteiger partial charge in [0.05, 0.1) is 0 Å². The van der Waals surface area contributed by atoms with Crippen molar-refractivity contribution in [1.82, 2.24) is 0 Å². The van der Waals surface area contributed by atoms with E-state index in [2.05, 4.69) is 20.8 Å². The summed E-state index contributed by atoms with van der Waals surface area (Å²) in [7, 11) is -0.192. The predicted octanol–water partition coefficient (Wildman–Crippen LogP) is 2.35. The average Bonchev–Trinajstić information content (AvgIpc) is 2.18. The Morgan fingerprint density at radius 1 is 0.714 bits per heavy atom. The van der Waals surface area contributed by atoms with Gasteiger partial charge in [-0.2, -0.15) is 0 Å². The third-order valence-corrected chi connectivity index (χ3v) is 2.29. The van der Waals surface area contributed by atoms with E-state index in [0.717, 1.165) is 31.8 Å². The van der Waals surface area contributed by atoms with Crippen molar-refractivity contribution >= 4 is 21.4 Å². The van der Waals surface area contributed by atoms with Gasteiger partial charge in [-0.3, -0.25) is 0 Å². The van der Waals surface area contributed by atoms with Crippen molar-refractivity contribution in [2.75, 3.05) is 0 Å². The van der Waals surface area contributed by atoms with Crippen molar-refractivity contribution in [3.05, 3.63) is 0 Å². The van der Waals surface area contributed by atoms with Gasteiger partial charge in [-0.1, -0.05) is 33.6 Å². The fourth-order valence-electron chi connectivity index (χ4n) is 1.54. The van der Waals surface area contributed by atoms with Gasteiger partial charge in [0, 0.05) is 0 Å². The summed E-state index contributed by atoms with van der Waals surface area (Å²) in [6, 6.07) is 0. The summed E-state index contributed by atoms with van der Waals surface area (Å²) in [4.78, 5) is 0. The lowest BCUT2D eigenvalue weighted by Gasteiger charge is -2.30. The van der Waals surface area contributed by atoms with Gasteiger partial charge < -0.3 is 13.7 Å². The lowest BCUT2D eigenvalue weighted by Crippen LogP contribution is -2.48. The Kier molecular flexibility index (Phi) is 5.67. The molecule has 0 aliphatic carbocycles. The molecule has 0 aromatic heterocycles. The molecule has 1 fully saturated rings. The van der Waals surface area contributed by atoms with Crippen LogP contribution in [0.4, 0.5) is 0 Å². The summed E-state index contributed by atoms with van der Waals surface area (Å²) in [6.45, 7) is 6.35. The maximum atomic E-state index is 5.65. The molecular formula is C8H19B3O3. The SMILES string of the molecule is CCCB1OB(CC)OB(CCC)O1. The van der Waals surface area contributed by atoms with Gasteiger partial charge in [-0.05, 0) is 19.0 Å². The molecule has 0 radical (unpaired) electrons. The van der Waals surface area contributed by atoms with Crippen LogP contribution in [0.5, 0.6) is 0 Å². The number of rotatable bonds is 5. The van der Waals surface area contributed by atoms with Gasteiger partial charge in [-0.25, -0.2) is 0 Å². The van der Waals surface area contributed by atoms with E-state index in [9.17, 15) is 0 Å². The minimum atomic E-state index is -0.0724. The Labute approximate surface area is 88.3 Å². The molecule has 0 aromatic rings. The topological polar surface area (TPSA) is 27.7 Å². The summed E-state index contributed by atoms with van der Waals surface area (Å²) >= 11 is 0. The van der Waals surface area contributed by atoms with Gasteiger partial charge in [-0.15, -0.1) is 0 Å². The summed E-state index contributed by atoms with van der Waals surface area (Å²) in [5.74, 6) is 0. The summed E-state index contributed by atoms with van der Waals surface area (Å²) < 4.78 is 16.9. The Balaban J connectivity index is 2.39. The zero-order valence-electron chi connectivity index (χ0n) is 9.49. The molecular weight excluding hydrogens is 177 g/mol. The van der Waals surface area contributed by atoms with Crippen molar-refractivity contribution < 1.29 is 13.7 Å². The molecule has 1 saturated heterocycles. The maximum Gasteiger partial charge on any atom is 0.429 e. The first-order chi connectivity index (χ1) is 6.80. The van der Waals surface area contributed by atoms with Crippen molar-refractivity contribution in [2.45, 2.75) is 52.6 Å². The highest BCUT2D eigenvalue weighted by atomic mass is 16.7. The van der Waals surface area contributed by atoms with E-state index in [1.54, 1.807) is 0 Å². The Morgan fingerprint density at radius 2 is 1.14 bits per heavy atom. The van der Waals surface area contributed by atoms with Crippen LogP contribution in [0.3, 0.4) is 0 Å². The van der Waals surface area contributed by atoms with Crippen molar-refractivity contribution in [3.63, 3.8) is 0 Å². The van der Waals surface area contributed by atoms with E-state index in [1.165, 1.54) is 0 Å². The average molecular weight is 196 g/mol. The van der Waals surface area contributed by atoms with Crippen LogP contribution in [0.25, 0.3) is 0 Å². The minimum absolute atomic E-state index is 0.0600. The van der Waals surface area contributed by atoms with Crippen molar-refractivity contribution in [3.8, 4) is 0 Å². The quantitative estimate of drug-likeness (QED) is 0.631. The van der Waals surface area contributed by atoms with E-state index in [1.807, 2.05) is 0 Å². The third kappa shape index (κ3) is 3.67. The van der Waals surface area contributed by atoms with E-state index in [-0.39, 0.29) is 21.4 Å². The molecule has 6 heteroatoms. The van der Waals surface area contributed by atoms with Crippen LogP contribution in [0, 0.1) is 0 Å². The van der Waals surface area contributed by atoms with E-state index >= 15 is 0 Å². The van der Waals surface area contributed by atoms with Crippen LogP contribution in [0.15, 0.2) is 0 Å². The van der Waals surface area contributed by atoms with E-state index in [4.69, 9.17) is 13.7 Å². The van der Waals surface area contributed by atoms with Crippen molar-refractivity contribution in [2.24, 2.45) is 0 Å². The molecule has 1 rings (SSSR count). The fourth-order valence-corrected chi connectivity index (χ4v) is 1.54. The second-order valence-corrected chi connectivity index (χ2v) is 3.68. The van der Waals surface area contributed by atoms with E-state index < -0.39 is 0 Å². The van der Waals surface area contributed by atoms with Crippen molar-refractivity contribution in [1.29, 1.82) is 0 Å². The highest BCUT2D eigenvalue weighted by Gasteiger charge is 2.38. The van der Waals surface area contributed by atoms with Crippen LogP contribution < -0.4 is 0 Å². The van der Waals surface area contributed by atoms with E-state index in [0.29, 0.717) is 0 Å². The molecule has 0 bridgehead atoms. The summed E-state index contributed by atoms with van der Waals surface area (Å²) in [5.41, 5.74) is 0. The predicted molar refractivity (Wildman–Crippen MR) is 61.2 cm³/mol. The molecule has 1 heterocycles. The second-order valence-electron chi connectivity index (χ2n) is 3.68. The number of hydrogen-bond acceptors (Lipinski definition) is 3. The molecule has 14 heavy (non-hydrogen) atoms. The Hall–Kier alpha value is 0.0748. The Morgan fingerprint density at radius 3 is 1.50 bits per heavy atom. The molecule has 0 spiro atoms. The fraction of sp³-hybridized carbons (Fsp3) is 1.00. The molecule has 0 amide bonds. The highest BCUT2D eigenvalue weighted by molar-refractivity contribution is 6.73. The molecule has 0 saturated carbocycles. The van der Waals surface area contributed by atoms with Gasteiger partial charge >= 0.3 is 21.4 Å². The molecule has 1 aliphatic rings. The lowest BCUT2D eigenvalue weighted by molar-refractivity contribution is 0.278. The first-order valence-corrected chi connectivity index (χ1v) is 5.76. The zero-order valence-corrected chi connectivity index (χ0v) is 9.49. The monoisotopic (exact) mass is 196 g/mol. The second kappa shape index (κ2) is 6.54. The summed E-state index contributed by atoms with van der Waals surface area (Å²) in [5, 5.41) is 0. The molecule has 0 N–H and O–H groups in total. The molecule has 0 atom stereocenters. The standard InChI is InChI=1S/C8H19B3O3/c1-4-7-10-12-9(6-3)13-11(14-10)8-5-2/h4-8H2,1-3H3. The lowest BCUT2D eigenvalue weighted by atomic mass is 9.65. The number of hydrogen-bond donors (Lipinski definition) is 0. The van der Waals surface area contributed by atoms with Crippen LogP contribution in [0.1, 0.15) is 33.6 Å². The smallest absolute Gasteiger partial charge is 0.429 e. The highest BCUT2D eigenvalue weighted by Crippen LogP contribution is 2.17. The van der Waals surface area contributed by atoms with Gasteiger partial charge in [0.25, 0.3) is 0 Å². The molecule has 3 nitrogen and oxygen atoms in total. The van der Waals surface area contributed by atoms with Crippen LogP contribution in [-0.4, -0.2) is 21.4 Å². The van der Waals surface area contributed by atoms with Crippen LogP contribution in [0.2, 0.25) is 19.0 Å². The van der Waals surface area contributed by atoms with Crippen LogP contribution >= 0.6 is 0 Å². The van der Waals surface area contributed by atoms with Gasteiger partial charge in [0.1, 0.15) is 0 Å². The third-order valence-electron chi connectivity index (χ3n) is 2.29. The maximum absolute atomic E-state index is 5.65.